The Kier molecular flexibility index (Phi) is 4.11. The van der Waals surface area contributed by atoms with Crippen LogP contribution in [-0.4, -0.2) is 37.8 Å². The van der Waals surface area contributed by atoms with Crippen LogP contribution in [0.5, 0.6) is 0 Å². The van der Waals surface area contributed by atoms with Gasteiger partial charge < -0.3 is 18.8 Å². The van der Waals surface area contributed by atoms with Crippen LogP contribution in [0.25, 0.3) is 11.1 Å². The molecule has 0 aliphatic carbocycles. The van der Waals surface area contributed by atoms with Gasteiger partial charge in [-0.1, -0.05) is 36.4 Å². The summed E-state index contributed by atoms with van der Waals surface area (Å²) in [4.78, 5) is 18.6. The summed E-state index contributed by atoms with van der Waals surface area (Å²) in [7, 11) is 1.36. The van der Waals surface area contributed by atoms with Gasteiger partial charge >= 0.3 is 5.97 Å². The van der Waals surface area contributed by atoms with Gasteiger partial charge in [0.05, 0.1) is 31.9 Å². The molecule has 4 rings (SSSR count). The fourth-order valence-corrected chi connectivity index (χ4v) is 3.12. The molecule has 0 bridgehead atoms. The van der Waals surface area contributed by atoms with E-state index >= 15 is 0 Å². The highest BCUT2D eigenvalue weighted by Gasteiger charge is 2.29. The number of aromatic nitrogens is 1. The molecule has 3 aromatic rings. The number of carbonyl (C=O) groups excluding carboxylic acids is 1. The maximum Gasteiger partial charge on any atom is 0.340 e. The molecule has 1 saturated heterocycles. The summed E-state index contributed by atoms with van der Waals surface area (Å²) >= 11 is 0. The second-order valence-electron chi connectivity index (χ2n) is 5.84. The first-order valence-corrected chi connectivity index (χ1v) is 8.15. The summed E-state index contributed by atoms with van der Waals surface area (Å²) in [6, 6.07) is 15.9. The molecule has 6 heteroatoms. The average molecular weight is 338 g/mol. The highest BCUT2D eigenvalue weighted by Crippen LogP contribution is 2.32. The number of methoxy groups -OCH3 is 1. The van der Waals surface area contributed by atoms with Crippen molar-refractivity contribution in [3.05, 3.63) is 59.7 Å². The predicted molar refractivity (Wildman–Crippen MR) is 92.7 cm³/mol. The van der Waals surface area contributed by atoms with Crippen molar-refractivity contribution in [3.8, 4) is 0 Å². The Morgan fingerprint density at radius 1 is 1.20 bits per heavy atom. The van der Waals surface area contributed by atoms with E-state index < -0.39 is 5.97 Å². The molecular weight excluding hydrogens is 320 g/mol. The number of carbonyl (C=O) groups is 1. The third-order valence-electron chi connectivity index (χ3n) is 4.37. The van der Waals surface area contributed by atoms with E-state index in [1.165, 1.54) is 7.11 Å². The fraction of sp³-hybridized carbons (Fsp3) is 0.263. The number of rotatable bonds is 3. The average Bonchev–Trinajstić information content (AvgIpc) is 3.12. The second kappa shape index (κ2) is 6.57. The Balaban J connectivity index is 1.76. The molecule has 1 unspecified atom stereocenters. The number of benzene rings is 2. The lowest BCUT2D eigenvalue weighted by molar-refractivity contribution is 0.0602. The van der Waals surface area contributed by atoms with E-state index in [9.17, 15) is 4.79 Å². The monoisotopic (exact) mass is 338 g/mol. The van der Waals surface area contributed by atoms with Gasteiger partial charge in [-0.05, 0) is 17.7 Å². The van der Waals surface area contributed by atoms with Crippen LogP contribution in [0.2, 0.25) is 0 Å². The molecule has 25 heavy (non-hydrogen) atoms. The zero-order chi connectivity index (χ0) is 17.2. The summed E-state index contributed by atoms with van der Waals surface area (Å²) in [5.41, 5.74) is 2.62. The number of nitrogens with zero attached hydrogens (tertiary/aromatic N) is 2. The highest BCUT2D eigenvalue weighted by molar-refractivity contribution is 6.01. The minimum atomic E-state index is -0.424. The smallest absolute Gasteiger partial charge is 0.340 e. The van der Waals surface area contributed by atoms with Crippen molar-refractivity contribution in [2.24, 2.45) is 0 Å². The molecule has 0 saturated carbocycles. The Bertz CT molecular complexity index is 891. The van der Waals surface area contributed by atoms with Crippen LogP contribution < -0.4 is 4.90 Å². The van der Waals surface area contributed by atoms with E-state index in [0.717, 1.165) is 5.56 Å². The van der Waals surface area contributed by atoms with Gasteiger partial charge in [-0.3, -0.25) is 0 Å². The fourth-order valence-electron chi connectivity index (χ4n) is 3.12. The minimum absolute atomic E-state index is 0.0181. The van der Waals surface area contributed by atoms with Gasteiger partial charge in [0.1, 0.15) is 5.52 Å². The molecular formula is C19H18N2O4. The van der Waals surface area contributed by atoms with Gasteiger partial charge in [-0.15, -0.1) is 0 Å². The van der Waals surface area contributed by atoms with Crippen LogP contribution in [0, 0.1) is 0 Å². The number of hydrogen-bond donors (Lipinski definition) is 0. The molecule has 0 amide bonds. The molecule has 1 aliphatic heterocycles. The number of para-hydroxylation sites is 1. The van der Waals surface area contributed by atoms with E-state index in [2.05, 4.69) is 22.0 Å². The largest absolute Gasteiger partial charge is 0.465 e. The number of anilines is 1. The van der Waals surface area contributed by atoms with Crippen molar-refractivity contribution in [2.75, 3.05) is 31.8 Å². The van der Waals surface area contributed by atoms with Gasteiger partial charge in [0.25, 0.3) is 6.01 Å². The molecule has 128 valence electrons. The predicted octanol–water partition coefficient (Wildman–Crippen LogP) is 3.19. The zero-order valence-electron chi connectivity index (χ0n) is 13.8. The van der Waals surface area contributed by atoms with Crippen molar-refractivity contribution in [1.29, 1.82) is 0 Å². The quantitative estimate of drug-likeness (QED) is 0.683. The third kappa shape index (κ3) is 2.85. The van der Waals surface area contributed by atoms with E-state index in [4.69, 9.17) is 13.9 Å². The van der Waals surface area contributed by atoms with Crippen LogP contribution in [0.3, 0.4) is 0 Å². The van der Waals surface area contributed by atoms with Gasteiger partial charge in [-0.25, -0.2) is 4.79 Å². The number of hydrogen-bond acceptors (Lipinski definition) is 6. The number of morpholine rings is 1. The van der Waals surface area contributed by atoms with Gasteiger partial charge in [0, 0.05) is 6.54 Å². The maximum absolute atomic E-state index is 12.0. The SMILES string of the molecule is COC(=O)c1cccc2oc(N3CCOCC3c3ccccc3)nc12. The second-order valence-corrected chi connectivity index (χ2v) is 5.84. The standard InChI is InChI=1S/C19H18N2O4/c1-23-18(22)14-8-5-9-16-17(14)20-19(25-16)21-10-11-24-12-15(21)13-6-3-2-4-7-13/h2-9,15H,10-12H2,1H3. The lowest BCUT2D eigenvalue weighted by Gasteiger charge is -2.34. The van der Waals surface area contributed by atoms with Gasteiger partial charge in [-0.2, -0.15) is 4.98 Å². The van der Waals surface area contributed by atoms with Crippen LogP contribution >= 0.6 is 0 Å². The topological polar surface area (TPSA) is 64.8 Å². The molecule has 1 fully saturated rings. The first-order chi connectivity index (χ1) is 12.3. The molecule has 0 spiro atoms. The Morgan fingerprint density at radius 2 is 2.04 bits per heavy atom. The van der Waals surface area contributed by atoms with Crippen molar-refractivity contribution in [1.82, 2.24) is 4.98 Å². The summed E-state index contributed by atoms with van der Waals surface area (Å²) < 4.78 is 16.4. The summed E-state index contributed by atoms with van der Waals surface area (Å²) in [5.74, 6) is -0.424. The summed E-state index contributed by atoms with van der Waals surface area (Å²) in [6.07, 6.45) is 0. The lowest BCUT2D eigenvalue weighted by Crippen LogP contribution is -2.39. The van der Waals surface area contributed by atoms with E-state index in [-0.39, 0.29) is 6.04 Å². The van der Waals surface area contributed by atoms with Crippen molar-refractivity contribution < 1.29 is 18.7 Å². The highest BCUT2D eigenvalue weighted by atomic mass is 16.5. The lowest BCUT2D eigenvalue weighted by atomic mass is 10.1. The summed E-state index contributed by atoms with van der Waals surface area (Å²) in [6.45, 7) is 1.83. The Labute approximate surface area is 145 Å². The summed E-state index contributed by atoms with van der Waals surface area (Å²) in [5, 5.41) is 0. The third-order valence-corrected chi connectivity index (χ3v) is 4.37. The van der Waals surface area contributed by atoms with Gasteiger partial charge in [0.15, 0.2) is 5.58 Å². The normalized spacial score (nSPS) is 17.6. The maximum atomic E-state index is 12.0. The molecule has 1 aliphatic rings. The van der Waals surface area contributed by atoms with Crippen LogP contribution in [-0.2, 0) is 9.47 Å². The van der Waals surface area contributed by atoms with Crippen LogP contribution in [0.4, 0.5) is 6.01 Å². The number of ether oxygens (including phenoxy) is 2. The van der Waals surface area contributed by atoms with E-state index in [0.29, 0.717) is 42.4 Å². The molecule has 0 N–H and O–H groups in total. The minimum Gasteiger partial charge on any atom is -0.465 e. The Morgan fingerprint density at radius 3 is 2.84 bits per heavy atom. The number of oxazole rings is 1. The number of esters is 1. The van der Waals surface area contributed by atoms with Gasteiger partial charge in [0.2, 0.25) is 0 Å². The van der Waals surface area contributed by atoms with E-state index in [1.54, 1.807) is 18.2 Å². The molecule has 6 nitrogen and oxygen atoms in total. The first-order valence-electron chi connectivity index (χ1n) is 8.15. The molecule has 2 aromatic carbocycles. The van der Waals surface area contributed by atoms with Crippen molar-refractivity contribution in [2.45, 2.75) is 6.04 Å². The van der Waals surface area contributed by atoms with Crippen LogP contribution in [0.1, 0.15) is 22.0 Å². The molecule has 1 aromatic heterocycles. The molecule has 2 heterocycles. The zero-order valence-corrected chi connectivity index (χ0v) is 13.8. The number of fused-ring (bicyclic) bond motifs is 1. The molecule has 0 radical (unpaired) electrons. The van der Waals surface area contributed by atoms with Crippen LogP contribution in [0.15, 0.2) is 52.9 Å². The first kappa shape index (κ1) is 15.7. The molecule has 1 atom stereocenters. The van der Waals surface area contributed by atoms with E-state index in [1.807, 2.05) is 18.2 Å². The Hall–Kier alpha value is -2.86. The van der Waals surface area contributed by atoms with Crippen molar-refractivity contribution >= 4 is 23.1 Å². The van der Waals surface area contributed by atoms with Crippen molar-refractivity contribution in [3.63, 3.8) is 0 Å².